The standard InChI is InChI=1S/C13H16N2O7S/c14-12(17)8-22-13(18)10-7-9(1-2-11(10)16)23(19,20)15-3-5-21-6-4-15/h1-2,7,16H,3-6,8H2,(H2,14,17). The van der Waals surface area contributed by atoms with Crippen LogP contribution in [0.15, 0.2) is 23.1 Å². The number of aromatic hydroxyl groups is 1. The number of phenolic OH excluding ortho intramolecular Hbond substituents is 1. The second-order valence-corrected chi connectivity index (χ2v) is 6.68. The highest BCUT2D eigenvalue weighted by Crippen LogP contribution is 2.24. The third-order valence-corrected chi connectivity index (χ3v) is 5.04. The van der Waals surface area contributed by atoms with Gasteiger partial charge in [-0.3, -0.25) is 4.79 Å². The van der Waals surface area contributed by atoms with Crippen molar-refractivity contribution >= 4 is 21.9 Å². The predicted molar refractivity (Wildman–Crippen MR) is 77.2 cm³/mol. The molecule has 0 spiro atoms. The van der Waals surface area contributed by atoms with E-state index in [0.29, 0.717) is 0 Å². The highest BCUT2D eigenvalue weighted by molar-refractivity contribution is 7.89. The van der Waals surface area contributed by atoms with Crippen molar-refractivity contribution in [1.29, 1.82) is 0 Å². The molecule has 0 atom stereocenters. The molecular weight excluding hydrogens is 328 g/mol. The van der Waals surface area contributed by atoms with Crippen LogP contribution in [-0.4, -0.2) is 62.6 Å². The number of ether oxygens (including phenoxy) is 2. The minimum atomic E-state index is -3.82. The summed E-state index contributed by atoms with van der Waals surface area (Å²) < 4.78 is 35.9. The molecule has 0 unspecified atom stereocenters. The normalized spacial score (nSPS) is 16.0. The number of hydrogen-bond donors (Lipinski definition) is 2. The molecule has 0 bridgehead atoms. The summed E-state index contributed by atoms with van der Waals surface area (Å²) in [7, 11) is -3.82. The molecule has 10 heteroatoms. The molecule has 0 aliphatic carbocycles. The summed E-state index contributed by atoms with van der Waals surface area (Å²) in [5, 5.41) is 9.70. The molecule has 9 nitrogen and oxygen atoms in total. The van der Waals surface area contributed by atoms with E-state index >= 15 is 0 Å². The lowest BCUT2D eigenvalue weighted by Crippen LogP contribution is -2.40. The van der Waals surface area contributed by atoms with Gasteiger partial charge in [-0.25, -0.2) is 13.2 Å². The molecule has 2 rings (SSSR count). The van der Waals surface area contributed by atoms with Gasteiger partial charge in [0.25, 0.3) is 5.91 Å². The zero-order chi connectivity index (χ0) is 17.0. The summed E-state index contributed by atoms with van der Waals surface area (Å²) >= 11 is 0. The zero-order valence-corrected chi connectivity index (χ0v) is 12.9. The Morgan fingerprint density at radius 2 is 1.96 bits per heavy atom. The van der Waals surface area contributed by atoms with Gasteiger partial charge in [0.2, 0.25) is 10.0 Å². The van der Waals surface area contributed by atoms with Crippen LogP contribution in [0.5, 0.6) is 5.75 Å². The fourth-order valence-corrected chi connectivity index (χ4v) is 3.42. The van der Waals surface area contributed by atoms with E-state index in [1.807, 2.05) is 0 Å². The highest BCUT2D eigenvalue weighted by Gasteiger charge is 2.28. The van der Waals surface area contributed by atoms with Crippen molar-refractivity contribution < 1.29 is 32.6 Å². The fraction of sp³-hybridized carbons (Fsp3) is 0.385. The first-order valence-corrected chi connectivity index (χ1v) is 8.12. The molecule has 1 heterocycles. The van der Waals surface area contributed by atoms with Crippen LogP contribution < -0.4 is 5.73 Å². The van der Waals surface area contributed by atoms with Crippen LogP contribution in [-0.2, 0) is 24.3 Å². The first-order valence-electron chi connectivity index (χ1n) is 6.68. The zero-order valence-electron chi connectivity index (χ0n) is 12.1. The Hall–Kier alpha value is -2.17. The van der Waals surface area contributed by atoms with E-state index in [-0.39, 0.29) is 36.8 Å². The number of carbonyl (C=O) groups excluding carboxylic acids is 2. The number of hydrogen-bond acceptors (Lipinski definition) is 7. The Balaban J connectivity index is 2.28. The number of nitrogens with zero attached hydrogens (tertiary/aromatic N) is 1. The first-order chi connectivity index (χ1) is 10.8. The summed E-state index contributed by atoms with van der Waals surface area (Å²) in [5.74, 6) is -2.37. The van der Waals surface area contributed by atoms with Crippen LogP contribution in [0.2, 0.25) is 0 Å². The van der Waals surface area contributed by atoms with Crippen LogP contribution in [0.4, 0.5) is 0 Å². The van der Waals surface area contributed by atoms with Gasteiger partial charge >= 0.3 is 5.97 Å². The Labute approximate surface area is 132 Å². The Morgan fingerprint density at radius 3 is 2.57 bits per heavy atom. The molecule has 1 aliphatic rings. The minimum absolute atomic E-state index is 0.164. The predicted octanol–water partition coefficient (Wildman–Crippen LogP) is -0.945. The van der Waals surface area contributed by atoms with Crippen molar-refractivity contribution in [2.24, 2.45) is 5.73 Å². The molecule has 0 radical (unpaired) electrons. The van der Waals surface area contributed by atoms with E-state index in [9.17, 15) is 23.1 Å². The lowest BCUT2D eigenvalue weighted by Gasteiger charge is -2.26. The van der Waals surface area contributed by atoms with Gasteiger partial charge in [-0.1, -0.05) is 0 Å². The summed E-state index contributed by atoms with van der Waals surface area (Å²) in [4.78, 5) is 22.3. The first kappa shape index (κ1) is 17.2. The van der Waals surface area contributed by atoms with Crippen LogP contribution >= 0.6 is 0 Å². The highest BCUT2D eigenvalue weighted by atomic mass is 32.2. The van der Waals surface area contributed by atoms with Crippen LogP contribution in [0.1, 0.15) is 10.4 Å². The lowest BCUT2D eigenvalue weighted by atomic mass is 10.2. The van der Waals surface area contributed by atoms with Gasteiger partial charge < -0.3 is 20.3 Å². The average Bonchev–Trinajstić information content (AvgIpc) is 2.53. The number of nitrogens with two attached hydrogens (primary N) is 1. The number of carbonyl (C=O) groups is 2. The smallest absolute Gasteiger partial charge is 0.342 e. The van der Waals surface area contributed by atoms with E-state index in [0.717, 1.165) is 12.1 Å². The number of morpholine rings is 1. The number of amides is 1. The number of rotatable bonds is 5. The van der Waals surface area contributed by atoms with Crippen molar-refractivity contribution in [3.63, 3.8) is 0 Å². The SMILES string of the molecule is NC(=O)COC(=O)c1cc(S(=O)(=O)N2CCOCC2)ccc1O. The molecule has 23 heavy (non-hydrogen) atoms. The Morgan fingerprint density at radius 1 is 1.30 bits per heavy atom. The van der Waals surface area contributed by atoms with Crippen molar-refractivity contribution in [2.75, 3.05) is 32.9 Å². The van der Waals surface area contributed by atoms with Crippen molar-refractivity contribution in [3.05, 3.63) is 23.8 Å². The molecule has 0 aromatic heterocycles. The summed E-state index contributed by atoms with van der Waals surface area (Å²) in [5.41, 5.74) is 4.50. The van der Waals surface area contributed by atoms with E-state index in [4.69, 9.17) is 10.5 Å². The van der Waals surface area contributed by atoms with Gasteiger partial charge in [-0.15, -0.1) is 0 Å². The molecule has 1 fully saturated rings. The van der Waals surface area contributed by atoms with E-state index in [1.165, 1.54) is 10.4 Å². The lowest BCUT2D eigenvalue weighted by molar-refractivity contribution is -0.121. The monoisotopic (exact) mass is 344 g/mol. The van der Waals surface area contributed by atoms with Crippen LogP contribution in [0, 0.1) is 0 Å². The maximum atomic E-state index is 12.5. The van der Waals surface area contributed by atoms with E-state index in [1.54, 1.807) is 0 Å². The van der Waals surface area contributed by atoms with E-state index < -0.39 is 34.3 Å². The number of sulfonamides is 1. The minimum Gasteiger partial charge on any atom is -0.507 e. The van der Waals surface area contributed by atoms with Gasteiger partial charge in [-0.05, 0) is 18.2 Å². The number of primary amides is 1. The number of benzene rings is 1. The molecule has 1 amide bonds. The van der Waals surface area contributed by atoms with Gasteiger partial charge in [0.05, 0.1) is 18.1 Å². The molecule has 126 valence electrons. The number of esters is 1. The molecule has 0 saturated carbocycles. The fourth-order valence-electron chi connectivity index (χ4n) is 1.99. The molecule has 1 saturated heterocycles. The van der Waals surface area contributed by atoms with Crippen molar-refractivity contribution in [1.82, 2.24) is 4.31 Å². The maximum Gasteiger partial charge on any atom is 0.342 e. The molecule has 3 N–H and O–H groups in total. The molecule has 1 aliphatic heterocycles. The van der Waals surface area contributed by atoms with Crippen molar-refractivity contribution in [3.8, 4) is 5.75 Å². The maximum absolute atomic E-state index is 12.5. The number of phenols is 1. The van der Waals surface area contributed by atoms with E-state index in [2.05, 4.69) is 4.74 Å². The van der Waals surface area contributed by atoms with Gasteiger partial charge in [0.15, 0.2) is 6.61 Å². The largest absolute Gasteiger partial charge is 0.507 e. The Kier molecular flexibility index (Phi) is 5.19. The van der Waals surface area contributed by atoms with Crippen LogP contribution in [0.25, 0.3) is 0 Å². The van der Waals surface area contributed by atoms with Gasteiger partial charge in [-0.2, -0.15) is 4.31 Å². The topological polar surface area (TPSA) is 136 Å². The molecular formula is C13H16N2O7S. The quantitative estimate of drug-likeness (QED) is 0.657. The summed E-state index contributed by atoms with van der Waals surface area (Å²) in [6.07, 6.45) is 0. The second-order valence-electron chi connectivity index (χ2n) is 4.74. The summed E-state index contributed by atoms with van der Waals surface area (Å²) in [6, 6.07) is 3.27. The summed E-state index contributed by atoms with van der Waals surface area (Å²) in [6.45, 7) is 0.295. The van der Waals surface area contributed by atoms with Gasteiger partial charge in [0.1, 0.15) is 11.3 Å². The van der Waals surface area contributed by atoms with Gasteiger partial charge in [0, 0.05) is 13.1 Å². The third-order valence-electron chi connectivity index (χ3n) is 3.14. The second kappa shape index (κ2) is 6.94. The average molecular weight is 344 g/mol. The van der Waals surface area contributed by atoms with Crippen LogP contribution in [0.3, 0.4) is 0 Å². The van der Waals surface area contributed by atoms with Crippen molar-refractivity contribution in [2.45, 2.75) is 4.90 Å². The molecule has 1 aromatic carbocycles. The molecule has 1 aromatic rings. The third kappa shape index (κ3) is 3.97. The Bertz CT molecular complexity index is 711.